The number of likely N-dealkylation sites (N-methyl/N-ethyl adjacent to an activating group) is 1. The number of amides is 8. The van der Waals surface area contributed by atoms with Crippen LogP contribution in [0.1, 0.15) is 83.3 Å². The number of ether oxygens (including phenoxy) is 2. The number of unbranched alkanes of at least 4 members (excludes halogenated alkanes) is 3. The largest absolute Gasteiger partial charge is 0.379 e. The fourth-order valence-electron chi connectivity index (χ4n) is 9.40. The maximum atomic E-state index is 14.3. The summed E-state index contributed by atoms with van der Waals surface area (Å²) in [6.07, 6.45) is 6.71. The van der Waals surface area contributed by atoms with Crippen LogP contribution in [0.25, 0.3) is 0 Å². The normalized spacial score (nSPS) is 16.8. The number of hydrogen-bond acceptors (Lipinski definition) is 10. The molecule has 2 aromatic rings. The molecule has 7 atom stereocenters. The minimum absolute atomic E-state index is 0.00408. The van der Waals surface area contributed by atoms with Crippen molar-refractivity contribution in [2.24, 2.45) is 16.8 Å². The molecule has 396 valence electrons. The summed E-state index contributed by atoms with van der Waals surface area (Å²) in [4.78, 5) is 105. The molecular formula is C53H80N10O9. The second-order valence-electron chi connectivity index (χ2n) is 19.2. The topological polar surface area (TPSA) is 215 Å². The highest BCUT2D eigenvalue weighted by molar-refractivity contribution is 6.12. The van der Waals surface area contributed by atoms with Crippen LogP contribution < -0.4 is 21.3 Å². The zero-order chi connectivity index (χ0) is 52.9. The maximum Gasteiger partial charge on any atom is 0.315 e. The molecule has 72 heavy (non-hydrogen) atoms. The lowest BCUT2D eigenvalue weighted by molar-refractivity contribution is -0.145. The lowest BCUT2D eigenvalue weighted by Gasteiger charge is -2.39. The second kappa shape index (κ2) is 29.2. The maximum absolute atomic E-state index is 14.3. The molecule has 2 heterocycles. The molecule has 19 nitrogen and oxygen atoms in total. The molecule has 8 amide bonds. The van der Waals surface area contributed by atoms with Gasteiger partial charge in [0.1, 0.15) is 12.6 Å². The zero-order valence-corrected chi connectivity index (χ0v) is 44.1. The highest BCUT2D eigenvalue weighted by atomic mass is 16.5. The van der Waals surface area contributed by atoms with E-state index in [9.17, 15) is 33.6 Å². The second-order valence-corrected chi connectivity index (χ2v) is 19.2. The summed E-state index contributed by atoms with van der Waals surface area (Å²) < 4.78 is 12.0. The molecule has 0 saturated carbocycles. The zero-order valence-electron chi connectivity index (χ0n) is 44.1. The lowest BCUT2D eigenvalue weighted by atomic mass is 9.90. The van der Waals surface area contributed by atoms with Crippen molar-refractivity contribution in [3.8, 4) is 0 Å². The lowest BCUT2D eigenvalue weighted by Crippen LogP contribution is -2.54. The molecule has 4 rings (SSSR count). The van der Waals surface area contributed by atoms with Crippen LogP contribution in [0.2, 0.25) is 0 Å². The molecule has 2 aliphatic heterocycles. The Morgan fingerprint density at radius 2 is 1.46 bits per heavy atom. The van der Waals surface area contributed by atoms with Crippen molar-refractivity contribution in [3.63, 3.8) is 0 Å². The van der Waals surface area contributed by atoms with Gasteiger partial charge in [0.2, 0.25) is 23.6 Å². The first-order chi connectivity index (χ1) is 34.4. The van der Waals surface area contributed by atoms with E-state index in [-0.39, 0.29) is 61.5 Å². The third-order valence-electron chi connectivity index (χ3n) is 13.5. The molecule has 0 aromatic heterocycles. The Bertz CT molecular complexity index is 2140. The molecule has 2 aromatic carbocycles. The number of guanidine groups is 1. The Balaban J connectivity index is 1.34. The highest BCUT2D eigenvalue weighted by Crippen LogP contribution is 2.29. The summed E-state index contributed by atoms with van der Waals surface area (Å²) in [6.45, 7) is 7.38. The van der Waals surface area contributed by atoms with Crippen LogP contribution in [-0.2, 0) is 51.2 Å². The predicted octanol–water partition coefficient (Wildman–Crippen LogP) is 4.04. The Morgan fingerprint density at radius 3 is 2.07 bits per heavy atom. The standard InChI is InChI=1S/C53H80N10O9/c1-11-36(2)48(61(8)47(67)35-56-53(59(4)5)60(6)7)43(71-9)33-46(66)62-31-19-22-42(62)49(72-10)37(3)50(68)58-41(32-38-20-15-14-16-21-38)51(69)57-40-25-23-39(24-26-40)34-55-52(70)54-29-17-12-13-18-30-63-44(64)27-28-45(63)65/h14-16,20-21,23-28,36-37,41-43,48-49H,11-13,17-19,22,29-35H2,1-10H3,(H,57,69)(H,58,68)(H2,54,55,70)/t36-,37+,41-,42-,43+,48-,49+/m0/s1. The third-order valence-corrected chi connectivity index (χ3v) is 13.5. The molecule has 2 aliphatic rings. The summed E-state index contributed by atoms with van der Waals surface area (Å²) in [6, 6.07) is 14.4. The minimum Gasteiger partial charge on any atom is -0.379 e. The Labute approximate surface area is 426 Å². The van der Waals surface area contributed by atoms with E-state index in [0.717, 1.165) is 36.8 Å². The van der Waals surface area contributed by atoms with E-state index in [2.05, 4.69) is 26.3 Å². The van der Waals surface area contributed by atoms with Crippen LogP contribution in [0.15, 0.2) is 71.7 Å². The van der Waals surface area contributed by atoms with Gasteiger partial charge in [0.25, 0.3) is 11.8 Å². The average Bonchev–Trinajstić information content (AvgIpc) is 3.98. The first-order valence-corrected chi connectivity index (χ1v) is 25.2. The number of carbonyl (C=O) groups is 7. The SMILES string of the molecule is CC[C@H](C)[C@@H]([C@@H](CC(=O)N1CCC[C@H]1[C@H](OC)[C@@H](C)C(=O)N[C@@H](Cc1ccccc1)C(=O)Nc1ccc(CNC(=O)NCCCCCCN2C(=O)C=CC2=O)cc1)OC)N(C)C(=O)CN=C(N(C)C)N(C)C. The van der Waals surface area contributed by atoms with E-state index in [1.807, 2.05) is 82.2 Å². The van der Waals surface area contributed by atoms with Crippen LogP contribution in [0.5, 0.6) is 0 Å². The molecule has 0 radical (unpaired) electrons. The van der Waals surface area contributed by atoms with Crippen LogP contribution in [0, 0.1) is 11.8 Å². The monoisotopic (exact) mass is 1000 g/mol. The number of nitrogens with zero attached hydrogens (tertiary/aromatic N) is 6. The first-order valence-electron chi connectivity index (χ1n) is 25.2. The van der Waals surface area contributed by atoms with Crippen LogP contribution in [0.3, 0.4) is 0 Å². The number of aliphatic imine (C=N–C) groups is 1. The number of carbonyl (C=O) groups excluding carboxylic acids is 7. The van der Waals surface area contributed by atoms with Crippen molar-refractivity contribution < 1.29 is 43.0 Å². The number of rotatable bonds is 27. The summed E-state index contributed by atoms with van der Waals surface area (Å²) >= 11 is 0. The highest BCUT2D eigenvalue weighted by Gasteiger charge is 2.42. The van der Waals surface area contributed by atoms with E-state index >= 15 is 0 Å². The minimum atomic E-state index is -0.954. The molecule has 1 saturated heterocycles. The van der Waals surface area contributed by atoms with E-state index < -0.39 is 48.1 Å². The first kappa shape index (κ1) is 58.2. The number of benzene rings is 2. The van der Waals surface area contributed by atoms with Crippen molar-refractivity contribution in [1.29, 1.82) is 0 Å². The molecule has 1 fully saturated rings. The van der Waals surface area contributed by atoms with Crippen LogP contribution in [0.4, 0.5) is 10.5 Å². The van der Waals surface area contributed by atoms with Gasteiger partial charge in [0.15, 0.2) is 5.96 Å². The van der Waals surface area contributed by atoms with Gasteiger partial charge in [-0.3, -0.25) is 33.7 Å². The van der Waals surface area contributed by atoms with Crippen LogP contribution in [-0.4, -0.2) is 178 Å². The summed E-state index contributed by atoms with van der Waals surface area (Å²) in [5.41, 5.74) is 2.17. The van der Waals surface area contributed by atoms with Crippen molar-refractivity contribution in [2.45, 2.75) is 115 Å². The van der Waals surface area contributed by atoms with Gasteiger partial charge in [0, 0.05) is 99.9 Å². The van der Waals surface area contributed by atoms with Crippen molar-refractivity contribution in [2.75, 3.05) is 81.0 Å². The van der Waals surface area contributed by atoms with Crippen molar-refractivity contribution in [1.82, 2.24) is 40.4 Å². The third kappa shape index (κ3) is 17.2. The van der Waals surface area contributed by atoms with Crippen molar-refractivity contribution in [3.05, 3.63) is 77.9 Å². The predicted molar refractivity (Wildman–Crippen MR) is 278 cm³/mol. The molecule has 0 bridgehead atoms. The Hall–Kier alpha value is -6.34. The average molecular weight is 1000 g/mol. The Kier molecular flexibility index (Phi) is 23.7. The number of nitrogens with one attached hydrogen (secondary N) is 4. The number of imide groups is 1. The number of anilines is 1. The fourth-order valence-corrected chi connectivity index (χ4v) is 9.40. The van der Waals surface area contributed by atoms with Gasteiger partial charge < -0.3 is 50.3 Å². The summed E-state index contributed by atoms with van der Waals surface area (Å²) in [5, 5.41) is 11.6. The van der Waals surface area contributed by atoms with Gasteiger partial charge in [0.05, 0.1) is 36.6 Å². The van der Waals surface area contributed by atoms with E-state index in [1.165, 1.54) is 24.2 Å². The Morgan fingerprint density at radius 1 is 0.806 bits per heavy atom. The van der Waals surface area contributed by atoms with Gasteiger partial charge in [-0.2, -0.15) is 0 Å². The molecule has 19 heteroatoms. The molecule has 0 spiro atoms. The quantitative estimate of drug-likeness (QED) is 0.0434. The van der Waals surface area contributed by atoms with E-state index in [0.29, 0.717) is 50.5 Å². The van der Waals surface area contributed by atoms with Gasteiger partial charge in [-0.05, 0) is 54.9 Å². The smallest absolute Gasteiger partial charge is 0.315 e. The van der Waals surface area contributed by atoms with Gasteiger partial charge in [-0.25, -0.2) is 9.79 Å². The van der Waals surface area contributed by atoms with Crippen LogP contribution >= 0.6 is 0 Å². The van der Waals surface area contributed by atoms with Crippen molar-refractivity contribution >= 4 is 53.1 Å². The fraction of sp³-hybridized carbons (Fsp3) is 0.585. The number of hydrogen-bond donors (Lipinski definition) is 4. The molecule has 0 aliphatic carbocycles. The number of urea groups is 1. The van der Waals surface area contributed by atoms with Gasteiger partial charge >= 0.3 is 6.03 Å². The van der Waals surface area contributed by atoms with Gasteiger partial charge in [-0.1, -0.05) is 82.5 Å². The summed E-state index contributed by atoms with van der Waals surface area (Å²) in [5.74, 6) is -1.81. The number of likely N-dealkylation sites (tertiary alicyclic amines) is 1. The van der Waals surface area contributed by atoms with E-state index in [4.69, 9.17) is 9.47 Å². The number of methoxy groups -OCH3 is 2. The van der Waals surface area contributed by atoms with E-state index in [1.54, 1.807) is 55.1 Å². The molecule has 0 unspecified atom stereocenters. The summed E-state index contributed by atoms with van der Waals surface area (Å²) in [7, 11) is 12.3. The van der Waals surface area contributed by atoms with Gasteiger partial charge in [-0.15, -0.1) is 0 Å². The molecule has 4 N–H and O–H groups in total. The molecular weight excluding hydrogens is 921 g/mol.